The molecule has 1 aliphatic carbocycles. The molecule has 2 fully saturated rings. The molecule has 1 aliphatic heterocycles. The molecule has 0 N–H and O–H groups in total. The number of aryl methyl sites for hydroxylation is 1. The number of hydrogen-bond acceptors (Lipinski definition) is 2. The normalized spacial score (nSPS) is 26.8. The van der Waals surface area contributed by atoms with E-state index in [2.05, 4.69) is 26.0 Å². The first-order valence-electron chi connectivity index (χ1n) is 13.2. The molecule has 2 nitrogen and oxygen atoms in total. The summed E-state index contributed by atoms with van der Waals surface area (Å²) in [5, 5.41) is 0. The zero-order chi connectivity index (χ0) is 21.9. The lowest BCUT2D eigenvalue weighted by molar-refractivity contribution is -0.203. The lowest BCUT2D eigenvalue weighted by atomic mass is 9.76. The van der Waals surface area contributed by atoms with Crippen LogP contribution in [0.5, 0.6) is 0 Å². The second kappa shape index (κ2) is 13.6. The summed E-state index contributed by atoms with van der Waals surface area (Å²) in [5.74, 6) is 1.81. The fourth-order valence-corrected chi connectivity index (χ4v) is 5.39. The molecule has 0 aromatic heterocycles. The maximum Gasteiger partial charge on any atom is 0.157 e. The van der Waals surface area contributed by atoms with Gasteiger partial charge in [0.1, 0.15) is 5.82 Å². The van der Waals surface area contributed by atoms with Crippen LogP contribution in [0.2, 0.25) is 0 Å². The predicted molar refractivity (Wildman–Crippen MR) is 127 cm³/mol. The third-order valence-corrected chi connectivity index (χ3v) is 7.49. The molecule has 2 aliphatic rings. The Labute approximate surface area is 190 Å². The van der Waals surface area contributed by atoms with Crippen molar-refractivity contribution in [3.63, 3.8) is 0 Å². The standard InChI is InChI=1S/C28H45FO2/c1-3-5-7-9-22-11-15-25(16-12-22)26-17-13-23(19-27(26)29)14-18-28-30-20-24(21-31-28)10-8-6-4-2/h13,17,19,22,24-25,28H,3-12,14-16,18,20-21H2,1-2H3/t22-,24?,25-,28?. The van der Waals surface area contributed by atoms with E-state index >= 15 is 0 Å². The summed E-state index contributed by atoms with van der Waals surface area (Å²) in [4.78, 5) is 0. The molecule has 0 amide bonds. The number of hydrogen-bond donors (Lipinski definition) is 0. The summed E-state index contributed by atoms with van der Waals surface area (Å²) in [6, 6.07) is 5.94. The maximum atomic E-state index is 14.9. The Morgan fingerprint density at radius 2 is 1.45 bits per heavy atom. The second-order valence-electron chi connectivity index (χ2n) is 10.1. The monoisotopic (exact) mass is 432 g/mol. The second-order valence-corrected chi connectivity index (χ2v) is 10.1. The van der Waals surface area contributed by atoms with E-state index in [1.807, 2.05) is 0 Å². The van der Waals surface area contributed by atoms with Crippen molar-refractivity contribution in [1.29, 1.82) is 0 Å². The van der Waals surface area contributed by atoms with Crippen LogP contribution in [0, 0.1) is 17.7 Å². The fourth-order valence-electron chi connectivity index (χ4n) is 5.39. The summed E-state index contributed by atoms with van der Waals surface area (Å²) < 4.78 is 26.7. The molecule has 3 rings (SSSR count). The maximum absolute atomic E-state index is 14.9. The molecule has 0 unspecified atom stereocenters. The van der Waals surface area contributed by atoms with Crippen molar-refractivity contribution in [2.75, 3.05) is 13.2 Å². The highest BCUT2D eigenvalue weighted by Gasteiger charge is 2.25. The third kappa shape index (κ3) is 8.17. The molecule has 0 bridgehead atoms. The van der Waals surface area contributed by atoms with Gasteiger partial charge in [0.25, 0.3) is 0 Å². The Hall–Kier alpha value is -0.930. The van der Waals surface area contributed by atoms with E-state index in [-0.39, 0.29) is 12.1 Å². The zero-order valence-corrected chi connectivity index (χ0v) is 20.0. The average Bonchev–Trinajstić information content (AvgIpc) is 2.80. The van der Waals surface area contributed by atoms with Crippen molar-refractivity contribution >= 4 is 0 Å². The Kier molecular flexibility index (Phi) is 10.8. The summed E-state index contributed by atoms with van der Waals surface area (Å²) in [6.07, 6.45) is 16.7. The van der Waals surface area contributed by atoms with Gasteiger partial charge in [0.15, 0.2) is 6.29 Å². The first-order chi connectivity index (χ1) is 15.2. The summed E-state index contributed by atoms with van der Waals surface area (Å²) >= 11 is 0. The van der Waals surface area contributed by atoms with Crippen molar-refractivity contribution in [3.05, 3.63) is 35.1 Å². The van der Waals surface area contributed by atoms with Gasteiger partial charge in [-0.1, -0.05) is 70.9 Å². The quantitative estimate of drug-likeness (QED) is 0.310. The molecule has 31 heavy (non-hydrogen) atoms. The summed E-state index contributed by atoms with van der Waals surface area (Å²) in [6.45, 7) is 6.12. The molecule has 1 heterocycles. The van der Waals surface area contributed by atoms with Crippen molar-refractivity contribution in [3.8, 4) is 0 Å². The van der Waals surface area contributed by atoms with E-state index in [1.54, 1.807) is 6.07 Å². The molecule has 0 spiro atoms. The lowest BCUT2D eigenvalue weighted by Gasteiger charge is -2.30. The minimum absolute atomic E-state index is 0.00611. The van der Waals surface area contributed by atoms with Gasteiger partial charge in [0, 0.05) is 12.3 Å². The smallest absolute Gasteiger partial charge is 0.157 e. The van der Waals surface area contributed by atoms with Gasteiger partial charge in [-0.05, 0) is 67.6 Å². The largest absolute Gasteiger partial charge is 0.352 e. The molecule has 1 aromatic rings. The topological polar surface area (TPSA) is 18.5 Å². The molecule has 1 saturated carbocycles. The highest BCUT2D eigenvalue weighted by molar-refractivity contribution is 5.28. The first kappa shape index (κ1) is 24.7. The third-order valence-electron chi connectivity index (χ3n) is 7.49. The molecule has 3 heteroatoms. The average molecular weight is 433 g/mol. The molecular weight excluding hydrogens is 387 g/mol. The zero-order valence-electron chi connectivity index (χ0n) is 20.0. The number of rotatable bonds is 12. The number of unbranched alkanes of at least 4 members (excludes halogenated alkanes) is 4. The SMILES string of the molecule is CCCCCC1COC(CCc2ccc([C@H]3CC[C@H](CCCCC)CC3)c(F)c2)OC1. The van der Waals surface area contributed by atoms with Gasteiger partial charge in [-0.15, -0.1) is 0 Å². The van der Waals surface area contributed by atoms with Crippen molar-refractivity contribution in [2.45, 2.75) is 116 Å². The summed E-state index contributed by atoms with van der Waals surface area (Å²) in [7, 11) is 0. The minimum atomic E-state index is -0.131. The van der Waals surface area contributed by atoms with E-state index in [1.165, 1.54) is 64.2 Å². The number of benzene rings is 1. The molecular formula is C28H45FO2. The van der Waals surface area contributed by atoms with E-state index in [0.717, 1.165) is 55.9 Å². The van der Waals surface area contributed by atoms with Gasteiger partial charge in [0.2, 0.25) is 0 Å². The highest BCUT2D eigenvalue weighted by Crippen LogP contribution is 2.38. The molecule has 1 saturated heterocycles. The van der Waals surface area contributed by atoms with Crippen LogP contribution in [0.15, 0.2) is 18.2 Å². The van der Waals surface area contributed by atoms with E-state index in [0.29, 0.717) is 11.8 Å². The molecule has 0 atom stereocenters. The van der Waals surface area contributed by atoms with Crippen LogP contribution in [0.25, 0.3) is 0 Å². The van der Waals surface area contributed by atoms with Crippen LogP contribution >= 0.6 is 0 Å². The molecule has 1 aromatic carbocycles. The van der Waals surface area contributed by atoms with Crippen molar-refractivity contribution < 1.29 is 13.9 Å². The fraction of sp³-hybridized carbons (Fsp3) is 0.786. The number of halogens is 1. The Balaban J connectivity index is 1.38. The van der Waals surface area contributed by atoms with Crippen LogP contribution in [0.1, 0.15) is 114 Å². The van der Waals surface area contributed by atoms with E-state index < -0.39 is 0 Å². The number of ether oxygens (including phenoxy) is 2. The van der Waals surface area contributed by atoms with Gasteiger partial charge < -0.3 is 9.47 Å². The first-order valence-corrected chi connectivity index (χ1v) is 13.2. The van der Waals surface area contributed by atoms with Crippen molar-refractivity contribution in [2.24, 2.45) is 11.8 Å². The predicted octanol–water partition coefficient (Wildman–Crippen LogP) is 8.18. The molecule has 176 valence electrons. The van der Waals surface area contributed by atoms with Crippen LogP contribution in [-0.2, 0) is 15.9 Å². The molecule has 0 radical (unpaired) electrons. The Bertz CT molecular complexity index is 615. The van der Waals surface area contributed by atoms with Crippen LogP contribution in [0.4, 0.5) is 4.39 Å². The minimum Gasteiger partial charge on any atom is -0.352 e. The van der Waals surface area contributed by atoms with Gasteiger partial charge in [0.05, 0.1) is 13.2 Å². The van der Waals surface area contributed by atoms with Gasteiger partial charge in [-0.25, -0.2) is 4.39 Å². The summed E-state index contributed by atoms with van der Waals surface area (Å²) in [5.41, 5.74) is 2.00. The van der Waals surface area contributed by atoms with Gasteiger partial charge in [-0.3, -0.25) is 0 Å². The lowest BCUT2D eigenvalue weighted by Crippen LogP contribution is -2.32. The van der Waals surface area contributed by atoms with Crippen LogP contribution < -0.4 is 0 Å². The Morgan fingerprint density at radius 1 is 0.806 bits per heavy atom. The van der Waals surface area contributed by atoms with Crippen LogP contribution in [0.3, 0.4) is 0 Å². The van der Waals surface area contributed by atoms with Gasteiger partial charge in [-0.2, -0.15) is 0 Å². The van der Waals surface area contributed by atoms with E-state index in [9.17, 15) is 4.39 Å². The van der Waals surface area contributed by atoms with E-state index in [4.69, 9.17) is 9.47 Å². The van der Waals surface area contributed by atoms with Gasteiger partial charge >= 0.3 is 0 Å². The highest BCUT2D eigenvalue weighted by atomic mass is 19.1. The van der Waals surface area contributed by atoms with Crippen molar-refractivity contribution in [1.82, 2.24) is 0 Å². The Morgan fingerprint density at radius 3 is 2.06 bits per heavy atom. The van der Waals surface area contributed by atoms with Crippen LogP contribution in [-0.4, -0.2) is 19.5 Å².